The second-order valence-corrected chi connectivity index (χ2v) is 5.48. The Kier molecular flexibility index (Phi) is 2.85. The van der Waals surface area contributed by atoms with Crippen LogP contribution in [0.3, 0.4) is 0 Å². The van der Waals surface area contributed by atoms with E-state index in [0.29, 0.717) is 5.41 Å². The highest BCUT2D eigenvalue weighted by atomic mass is 14.4. The summed E-state index contributed by atoms with van der Waals surface area (Å²) in [5, 5.41) is 0. The molecular formula is C12H24. The summed E-state index contributed by atoms with van der Waals surface area (Å²) in [5.74, 6) is 2.95. The summed E-state index contributed by atoms with van der Waals surface area (Å²) in [6.07, 6.45) is 4.26. The molecule has 1 fully saturated rings. The standard InChI is InChI=1S/C12H24/c1-6-10(3)12(4,5)8-11-7-9(11)2/h9-11H,6-8H2,1-5H3. The fraction of sp³-hybridized carbons (Fsp3) is 1.00. The van der Waals surface area contributed by atoms with Crippen molar-refractivity contribution < 1.29 is 0 Å². The van der Waals surface area contributed by atoms with Crippen LogP contribution < -0.4 is 0 Å². The van der Waals surface area contributed by atoms with Gasteiger partial charge in [-0.05, 0) is 36.0 Å². The lowest BCUT2D eigenvalue weighted by molar-refractivity contribution is 0.192. The van der Waals surface area contributed by atoms with Crippen LogP contribution in [0.4, 0.5) is 0 Å². The van der Waals surface area contributed by atoms with E-state index < -0.39 is 0 Å². The molecule has 0 spiro atoms. The third-order valence-electron chi connectivity index (χ3n) is 4.01. The normalized spacial score (nSPS) is 31.8. The molecule has 1 aliphatic rings. The van der Waals surface area contributed by atoms with Gasteiger partial charge in [0.15, 0.2) is 0 Å². The Bertz CT molecular complexity index is 146. The Balaban J connectivity index is 2.37. The maximum absolute atomic E-state index is 2.44. The summed E-state index contributed by atoms with van der Waals surface area (Å²) in [5.41, 5.74) is 0.574. The Morgan fingerprint density at radius 2 is 1.92 bits per heavy atom. The Morgan fingerprint density at radius 3 is 2.25 bits per heavy atom. The molecule has 0 aromatic heterocycles. The molecular weight excluding hydrogens is 144 g/mol. The lowest BCUT2D eigenvalue weighted by Crippen LogP contribution is -2.21. The lowest BCUT2D eigenvalue weighted by atomic mass is 9.74. The molecule has 0 heteroatoms. The molecule has 0 radical (unpaired) electrons. The van der Waals surface area contributed by atoms with Crippen LogP contribution in [0.5, 0.6) is 0 Å². The molecule has 1 saturated carbocycles. The molecule has 72 valence electrons. The first-order valence-electron chi connectivity index (χ1n) is 5.47. The van der Waals surface area contributed by atoms with Crippen molar-refractivity contribution in [2.24, 2.45) is 23.2 Å². The lowest BCUT2D eigenvalue weighted by Gasteiger charge is -2.31. The molecule has 0 N–H and O–H groups in total. The van der Waals surface area contributed by atoms with Crippen LogP contribution in [-0.4, -0.2) is 0 Å². The number of hydrogen-bond acceptors (Lipinski definition) is 0. The Labute approximate surface area is 77.7 Å². The van der Waals surface area contributed by atoms with E-state index in [2.05, 4.69) is 34.6 Å². The summed E-state index contributed by atoms with van der Waals surface area (Å²) in [4.78, 5) is 0. The van der Waals surface area contributed by atoms with E-state index in [1.54, 1.807) is 0 Å². The van der Waals surface area contributed by atoms with E-state index in [1.807, 2.05) is 0 Å². The topological polar surface area (TPSA) is 0 Å². The van der Waals surface area contributed by atoms with E-state index in [-0.39, 0.29) is 0 Å². The smallest absolute Gasteiger partial charge is 0.0326 e. The molecule has 0 nitrogen and oxygen atoms in total. The van der Waals surface area contributed by atoms with Crippen molar-refractivity contribution in [2.75, 3.05) is 0 Å². The SMILES string of the molecule is CCC(C)C(C)(C)CC1CC1C. The Morgan fingerprint density at radius 1 is 1.42 bits per heavy atom. The second kappa shape index (κ2) is 3.40. The fourth-order valence-corrected chi connectivity index (χ4v) is 2.11. The van der Waals surface area contributed by atoms with Gasteiger partial charge in [-0.1, -0.05) is 41.0 Å². The van der Waals surface area contributed by atoms with Crippen LogP contribution in [0.2, 0.25) is 0 Å². The molecule has 0 saturated heterocycles. The summed E-state index contributed by atoms with van der Waals surface area (Å²) < 4.78 is 0. The average Bonchev–Trinajstić information content (AvgIpc) is 2.63. The maximum Gasteiger partial charge on any atom is -0.0326 e. The molecule has 1 aliphatic carbocycles. The molecule has 0 bridgehead atoms. The Hall–Kier alpha value is 0. The van der Waals surface area contributed by atoms with Crippen molar-refractivity contribution in [1.29, 1.82) is 0 Å². The molecule has 0 heterocycles. The predicted octanol–water partition coefficient (Wildman–Crippen LogP) is 4.10. The van der Waals surface area contributed by atoms with E-state index in [1.165, 1.54) is 19.3 Å². The van der Waals surface area contributed by atoms with Gasteiger partial charge >= 0.3 is 0 Å². The zero-order chi connectivity index (χ0) is 9.35. The van der Waals surface area contributed by atoms with Crippen molar-refractivity contribution in [3.63, 3.8) is 0 Å². The van der Waals surface area contributed by atoms with Crippen molar-refractivity contribution in [2.45, 2.75) is 53.9 Å². The van der Waals surface area contributed by atoms with Gasteiger partial charge in [0.1, 0.15) is 0 Å². The summed E-state index contributed by atoms with van der Waals surface area (Å²) >= 11 is 0. The van der Waals surface area contributed by atoms with Crippen LogP contribution >= 0.6 is 0 Å². The highest BCUT2D eigenvalue weighted by Gasteiger charge is 2.38. The van der Waals surface area contributed by atoms with Gasteiger partial charge in [-0.3, -0.25) is 0 Å². The van der Waals surface area contributed by atoms with E-state index in [0.717, 1.165) is 17.8 Å². The molecule has 0 aliphatic heterocycles. The molecule has 3 atom stereocenters. The first-order chi connectivity index (χ1) is 5.47. The van der Waals surface area contributed by atoms with Gasteiger partial charge in [0.2, 0.25) is 0 Å². The first-order valence-corrected chi connectivity index (χ1v) is 5.47. The van der Waals surface area contributed by atoms with Gasteiger partial charge in [-0.2, -0.15) is 0 Å². The molecule has 0 aromatic carbocycles. The minimum Gasteiger partial charge on any atom is -0.0651 e. The van der Waals surface area contributed by atoms with Crippen LogP contribution in [0.15, 0.2) is 0 Å². The maximum atomic E-state index is 2.44. The molecule has 0 amide bonds. The highest BCUT2D eigenvalue weighted by Crippen LogP contribution is 2.48. The van der Waals surface area contributed by atoms with Crippen LogP contribution in [0.25, 0.3) is 0 Å². The predicted molar refractivity (Wildman–Crippen MR) is 55.1 cm³/mol. The molecule has 0 aromatic rings. The second-order valence-electron chi connectivity index (χ2n) is 5.48. The van der Waals surface area contributed by atoms with Crippen LogP contribution in [0.1, 0.15) is 53.9 Å². The van der Waals surface area contributed by atoms with Crippen molar-refractivity contribution >= 4 is 0 Å². The van der Waals surface area contributed by atoms with Gasteiger partial charge in [0.25, 0.3) is 0 Å². The fourth-order valence-electron chi connectivity index (χ4n) is 2.11. The first kappa shape index (κ1) is 10.1. The zero-order valence-corrected chi connectivity index (χ0v) is 9.35. The van der Waals surface area contributed by atoms with Gasteiger partial charge < -0.3 is 0 Å². The van der Waals surface area contributed by atoms with Crippen molar-refractivity contribution in [3.8, 4) is 0 Å². The van der Waals surface area contributed by atoms with Gasteiger partial charge in [-0.25, -0.2) is 0 Å². The number of rotatable bonds is 4. The van der Waals surface area contributed by atoms with E-state index in [9.17, 15) is 0 Å². The molecule has 12 heavy (non-hydrogen) atoms. The van der Waals surface area contributed by atoms with E-state index >= 15 is 0 Å². The zero-order valence-electron chi connectivity index (χ0n) is 9.35. The molecule has 3 unspecified atom stereocenters. The summed E-state index contributed by atoms with van der Waals surface area (Å²) in [6.45, 7) is 12.0. The van der Waals surface area contributed by atoms with Crippen LogP contribution in [-0.2, 0) is 0 Å². The minimum absolute atomic E-state index is 0.574. The quantitative estimate of drug-likeness (QED) is 0.592. The molecule has 1 rings (SSSR count). The van der Waals surface area contributed by atoms with Gasteiger partial charge in [0, 0.05) is 0 Å². The third kappa shape index (κ3) is 2.24. The highest BCUT2D eigenvalue weighted by molar-refractivity contribution is 4.88. The summed E-state index contributed by atoms with van der Waals surface area (Å²) in [6, 6.07) is 0. The van der Waals surface area contributed by atoms with Gasteiger partial charge in [-0.15, -0.1) is 0 Å². The number of hydrogen-bond donors (Lipinski definition) is 0. The largest absolute Gasteiger partial charge is 0.0651 e. The van der Waals surface area contributed by atoms with Crippen molar-refractivity contribution in [3.05, 3.63) is 0 Å². The summed E-state index contributed by atoms with van der Waals surface area (Å²) in [7, 11) is 0. The minimum atomic E-state index is 0.574. The van der Waals surface area contributed by atoms with E-state index in [4.69, 9.17) is 0 Å². The third-order valence-corrected chi connectivity index (χ3v) is 4.01. The van der Waals surface area contributed by atoms with Crippen LogP contribution in [0, 0.1) is 23.2 Å². The van der Waals surface area contributed by atoms with Crippen molar-refractivity contribution in [1.82, 2.24) is 0 Å². The van der Waals surface area contributed by atoms with Gasteiger partial charge in [0.05, 0.1) is 0 Å². The average molecular weight is 168 g/mol. The monoisotopic (exact) mass is 168 g/mol.